The molecule has 0 aliphatic heterocycles. The zero-order chi connectivity index (χ0) is 18.6. The van der Waals surface area contributed by atoms with Gasteiger partial charge in [-0.3, -0.25) is 14.6 Å². The number of hydrogen-bond donors (Lipinski definition) is 1. The fourth-order valence-corrected chi connectivity index (χ4v) is 3.42. The molecule has 0 bridgehead atoms. The van der Waals surface area contributed by atoms with Crippen molar-refractivity contribution in [3.63, 3.8) is 0 Å². The van der Waals surface area contributed by atoms with Gasteiger partial charge in [-0.2, -0.15) is 5.10 Å². The van der Waals surface area contributed by atoms with Gasteiger partial charge in [-0.15, -0.1) is 0 Å². The van der Waals surface area contributed by atoms with Gasteiger partial charge in [-0.05, 0) is 43.9 Å². The van der Waals surface area contributed by atoms with E-state index in [1.807, 2.05) is 12.1 Å². The molecule has 0 atom stereocenters. The molecule has 4 rings (SSSR count). The first-order valence-electron chi connectivity index (χ1n) is 8.92. The van der Waals surface area contributed by atoms with E-state index in [1.54, 1.807) is 29.2 Å². The summed E-state index contributed by atoms with van der Waals surface area (Å²) in [4.78, 5) is 28.4. The van der Waals surface area contributed by atoms with Crippen LogP contribution >= 0.6 is 0 Å². The van der Waals surface area contributed by atoms with E-state index in [4.69, 9.17) is 4.52 Å². The molecule has 0 spiro atoms. The van der Waals surface area contributed by atoms with E-state index in [0.717, 1.165) is 36.9 Å². The monoisotopic (exact) mass is 365 g/mol. The Balaban J connectivity index is 1.44. The normalized spacial score (nSPS) is 19.6. The van der Waals surface area contributed by atoms with Gasteiger partial charge in [0.2, 0.25) is 5.76 Å². The number of hydrogen-bond acceptors (Lipinski definition) is 6. The first-order chi connectivity index (χ1) is 13.2. The van der Waals surface area contributed by atoms with Crippen molar-refractivity contribution in [2.24, 2.45) is 0 Å². The second kappa shape index (κ2) is 7.53. The van der Waals surface area contributed by atoms with Crippen molar-refractivity contribution in [2.75, 3.05) is 0 Å². The van der Waals surface area contributed by atoms with Gasteiger partial charge in [0.1, 0.15) is 0 Å². The maximum absolute atomic E-state index is 12.3. The molecule has 27 heavy (non-hydrogen) atoms. The number of carbonyl (C=O) groups excluding carboxylic acids is 1. The van der Waals surface area contributed by atoms with E-state index >= 15 is 0 Å². The smallest absolute Gasteiger partial charge is 0.290 e. The summed E-state index contributed by atoms with van der Waals surface area (Å²) in [6, 6.07) is 8.64. The van der Waals surface area contributed by atoms with Crippen LogP contribution in [0, 0.1) is 0 Å². The van der Waals surface area contributed by atoms with Crippen LogP contribution in [-0.2, 0) is 0 Å². The molecule has 3 heterocycles. The van der Waals surface area contributed by atoms with Gasteiger partial charge in [-0.1, -0.05) is 5.16 Å². The minimum atomic E-state index is -0.258. The summed E-state index contributed by atoms with van der Waals surface area (Å²) in [5.74, 6) is -0.0500. The molecule has 3 aromatic heterocycles. The topological polar surface area (TPSA) is 103 Å². The summed E-state index contributed by atoms with van der Waals surface area (Å²) in [5, 5.41) is 11.1. The lowest BCUT2D eigenvalue weighted by Gasteiger charge is -2.29. The number of rotatable bonds is 4. The SMILES string of the molecule is O=C(NC1CCC(n2nc(-c3ccncc3)ccc2=O)CC1)c1ccno1. The van der Waals surface area contributed by atoms with Crippen LogP contribution in [0.15, 0.2) is 58.2 Å². The molecule has 0 radical (unpaired) electrons. The Morgan fingerprint density at radius 1 is 1.04 bits per heavy atom. The van der Waals surface area contributed by atoms with Crippen LogP contribution < -0.4 is 10.9 Å². The van der Waals surface area contributed by atoms with E-state index in [0.29, 0.717) is 0 Å². The second-order valence-corrected chi connectivity index (χ2v) is 6.59. The number of carbonyl (C=O) groups is 1. The highest BCUT2D eigenvalue weighted by Gasteiger charge is 2.26. The molecule has 0 saturated heterocycles. The number of pyridine rings is 1. The van der Waals surface area contributed by atoms with E-state index in [1.165, 1.54) is 12.3 Å². The zero-order valence-corrected chi connectivity index (χ0v) is 14.6. The lowest BCUT2D eigenvalue weighted by atomic mass is 9.91. The standard InChI is InChI=1S/C19H19N5O3/c25-18-6-5-16(13-7-10-20-11-8-13)23-24(18)15-3-1-14(2-4-15)22-19(26)17-9-12-21-27-17/h5-12,14-15H,1-4H2,(H,22,26). The highest BCUT2D eigenvalue weighted by Crippen LogP contribution is 2.27. The van der Waals surface area contributed by atoms with Gasteiger partial charge >= 0.3 is 0 Å². The maximum Gasteiger partial charge on any atom is 0.290 e. The van der Waals surface area contributed by atoms with Gasteiger partial charge in [0.25, 0.3) is 11.5 Å². The molecule has 0 aromatic carbocycles. The van der Waals surface area contributed by atoms with Gasteiger partial charge in [0.05, 0.1) is 17.9 Å². The van der Waals surface area contributed by atoms with Gasteiger partial charge < -0.3 is 9.84 Å². The minimum Gasteiger partial charge on any atom is -0.351 e. The molecule has 8 nitrogen and oxygen atoms in total. The van der Waals surface area contributed by atoms with E-state index < -0.39 is 0 Å². The first-order valence-corrected chi connectivity index (χ1v) is 8.92. The van der Waals surface area contributed by atoms with Crippen molar-refractivity contribution in [1.29, 1.82) is 0 Å². The lowest BCUT2D eigenvalue weighted by Crippen LogP contribution is -2.39. The molecule has 138 valence electrons. The second-order valence-electron chi connectivity index (χ2n) is 6.59. The number of amides is 1. The summed E-state index contributed by atoms with van der Waals surface area (Å²) in [6.07, 6.45) is 7.95. The van der Waals surface area contributed by atoms with E-state index in [-0.39, 0.29) is 29.3 Å². The fourth-order valence-electron chi connectivity index (χ4n) is 3.42. The lowest BCUT2D eigenvalue weighted by molar-refractivity contribution is 0.0884. The van der Waals surface area contributed by atoms with E-state index in [2.05, 4.69) is 20.6 Å². The van der Waals surface area contributed by atoms with Gasteiger partial charge in [0.15, 0.2) is 0 Å². The summed E-state index contributed by atoms with van der Waals surface area (Å²) in [5.41, 5.74) is 1.56. The Bertz CT molecular complexity index is 961. The van der Waals surface area contributed by atoms with Crippen molar-refractivity contribution in [3.05, 3.63) is 65.0 Å². The molecule has 1 amide bonds. The number of nitrogens with zero attached hydrogens (tertiary/aromatic N) is 4. The zero-order valence-electron chi connectivity index (χ0n) is 14.6. The van der Waals surface area contributed by atoms with Gasteiger partial charge in [-0.25, -0.2) is 4.68 Å². The van der Waals surface area contributed by atoms with Gasteiger partial charge in [0, 0.05) is 36.1 Å². The van der Waals surface area contributed by atoms with Crippen molar-refractivity contribution in [2.45, 2.75) is 37.8 Å². The molecule has 0 unspecified atom stereocenters. The average Bonchev–Trinajstić information content (AvgIpc) is 3.25. The summed E-state index contributed by atoms with van der Waals surface area (Å²) < 4.78 is 6.45. The van der Waals surface area contributed by atoms with Crippen LogP contribution in [0.5, 0.6) is 0 Å². The molecule has 3 aromatic rings. The maximum atomic E-state index is 12.3. The fraction of sp³-hybridized carbons (Fsp3) is 0.316. The van der Waals surface area contributed by atoms with Crippen LogP contribution in [0.2, 0.25) is 0 Å². The van der Waals surface area contributed by atoms with Crippen LogP contribution in [0.1, 0.15) is 42.3 Å². The molecular weight excluding hydrogens is 346 g/mol. The third-order valence-electron chi connectivity index (χ3n) is 4.84. The van der Waals surface area contributed by atoms with E-state index in [9.17, 15) is 9.59 Å². The van der Waals surface area contributed by atoms with Crippen LogP contribution in [0.3, 0.4) is 0 Å². The Morgan fingerprint density at radius 2 is 1.81 bits per heavy atom. The van der Waals surface area contributed by atoms with Crippen molar-refractivity contribution in [3.8, 4) is 11.3 Å². The molecule has 8 heteroatoms. The summed E-state index contributed by atoms with van der Waals surface area (Å²) in [6.45, 7) is 0. The molecule has 1 saturated carbocycles. The number of aromatic nitrogens is 4. The Morgan fingerprint density at radius 3 is 2.52 bits per heavy atom. The Labute approximate surface area is 155 Å². The van der Waals surface area contributed by atoms with Crippen LogP contribution in [-0.4, -0.2) is 31.9 Å². The van der Waals surface area contributed by atoms with Crippen LogP contribution in [0.25, 0.3) is 11.3 Å². The van der Waals surface area contributed by atoms with Crippen molar-refractivity contribution in [1.82, 2.24) is 25.2 Å². The molecular formula is C19H19N5O3. The largest absolute Gasteiger partial charge is 0.351 e. The summed E-state index contributed by atoms with van der Waals surface area (Å²) in [7, 11) is 0. The molecule has 1 fully saturated rings. The highest BCUT2D eigenvalue weighted by atomic mass is 16.5. The minimum absolute atomic E-state index is 0.0257. The third kappa shape index (κ3) is 3.79. The first kappa shape index (κ1) is 17.1. The summed E-state index contributed by atoms with van der Waals surface area (Å²) >= 11 is 0. The van der Waals surface area contributed by atoms with Crippen molar-refractivity contribution >= 4 is 5.91 Å². The molecule has 1 aliphatic rings. The highest BCUT2D eigenvalue weighted by molar-refractivity contribution is 5.91. The van der Waals surface area contributed by atoms with Crippen molar-refractivity contribution < 1.29 is 9.32 Å². The quantitative estimate of drug-likeness (QED) is 0.760. The third-order valence-corrected chi connectivity index (χ3v) is 4.84. The predicted octanol–water partition coefficient (Wildman–Crippen LogP) is 2.21. The Hall–Kier alpha value is -3.29. The molecule has 1 N–H and O–H groups in total. The predicted molar refractivity (Wildman–Crippen MR) is 97.0 cm³/mol. The average molecular weight is 365 g/mol. The molecule has 1 aliphatic carbocycles. The number of nitrogens with one attached hydrogen (secondary N) is 1. The Kier molecular flexibility index (Phi) is 4.78. The van der Waals surface area contributed by atoms with Crippen LogP contribution in [0.4, 0.5) is 0 Å².